The number of piperazine rings is 1. The second kappa shape index (κ2) is 5.90. The molecule has 3 aliphatic heterocycles. The van der Waals surface area contributed by atoms with Crippen LogP contribution in [0.5, 0.6) is 0 Å². The number of Topliss-reactive ketones (excluding diaryl/α,β-unsaturated/α-hetero) is 2. The molecule has 0 aromatic heterocycles. The molecule has 2 fully saturated rings. The van der Waals surface area contributed by atoms with Gasteiger partial charge in [0.25, 0.3) is 0 Å². The van der Waals surface area contributed by atoms with Gasteiger partial charge in [-0.1, -0.05) is 5.92 Å². The summed E-state index contributed by atoms with van der Waals surface area (Å²) < 4.78 is 10.9. The van der Waals surface area contributed by atoms with E-state index in [1.165, 1.54) is 7.11 Å². The molecule has 0 saturated carbocycles. The lowest BCUT2D eigenvalue weighted by molar-refractivity contribution is -0.138. The van der Waals surface area contributed by atoms with Gasteiger partial charge in [-0.15, -0.1) is 6.42 Å². The highest BCUT2D eigenvalue weighted by Crippen LogP contribution is 2.55. The van der Waals surface area contributed by atoms with Crippen LogP contribution >= 0.6 is 0 Å². The van der Waals surface area contributed by atoms with Gasteiger partial charge in [0, 0.05) is 25.3 Å². The Bertz CT molecular complexity index is 856. The summed E-state index contributed by atoms with van der Waals surface area (Å²) >= 11 is 0. The summed E-state index contributed by atoms with van der Waals surface area (Å²) in [5.74, 6) is 0.447. The molecule has 0 bridgehead atoms. The Kier molecular flexibility index (Phi) is 3.87. The molecule has 4 rings (SSSR count). The molecule has 0 radical (unpaired) electrons. The van der Waals surface area contributed by atoms with E-state index in [9.17, 15) is 14.4 Å². The number of primary amides is 1. The zero-order chi connectivity index (χ0) is 19.5. The van der Waals surface area contributed by atoms with Gasteiger partial charge in [0.1, 0.15) is 6.61 Å². The maximum atomic E-state index is 13.2. The third kappa shape index (κ3) is 2.20. The van der Waals surface area contributed by atoms with E-state index >= 15 is 0 Å². The van der Waals surface area contributed by atoms with Crippen LogP contribution in [-0.4, -0.2) is 72.9 Å². The van der Waals surface area contributed by atoms with Gasteiger partial charge in [0.05, 0.1) is 35.8 Å². The molecule has 142 valence electrons. The number of methoxy groups -OCH3 is 1. The van der Waals surface area contributed by atoms with Crippen molar-refractivity contribution in [3.8, 4) is 12.3 Å². The maximum absolute atomic E-state index is 13.2. The number of allylic oxidation sites excluding steroid dienone is 1. The number of hydrogen-bond donors (Lipinski definition) is 2. The third-order valence-corrected chi connectivity index (χ3v) is 5.88. The number of amides is 1. The number of nitrogens with zero attached hydrogens (tertiary/aromatic N) is 2. The fourth-order valence-electron chi connectivity index (χ4n) is 4.72. The predicted octanol–water partition coefficient (Wildman–Crippen LogP) is -1.17. The van der Waals surface area contributed by atoms with E-state index in [2.05, 4.69) is 16.2 Å². The van der Waals surface area contributed by atoms with Crippen molar-refractivity contribution in [3.05, 3.63) is 11.3 Å². The Balaban J connectivity index is 1.84. The predicted molar refractivity (Wildman–Crippen MR) is 93.5 cm³/mol. The monoisotopic (exact) mass is 372 g/mol. The van der Waals surface area contributed by atoms with Crippen LogP contribution in [0.2, 0.25) is 0 Å². The first-order chi connectivity index (χ1) is 12.9. The summed E-state index contributed by atoms with van der Waals surface area (Å²) in [6, 6.07) is 0.0846. The van der Waals surface area contributed by atoms with Crippen molar-refractivity contribution < 1.29 is 23.9 Å². The number of ketones is 2. The quantitative estimate of drug-likeness (QED) is 0.469. The number of terminal acetylenes is 1. The molecule has 1 amide bonds. The van der Waals surface area contributed by atoms with Crippen LogP contribution in [0.15, 0.2) is 16.3 Å². The van der Waals surface area contributed by atoms with Crippen LogP contribution in [0.25, 0.3) is 0 Å². The smallest absolute Gasteiger partial charge is 0.404 e. The Morgan fingerprint density at radius 1 is 1.52 bits per heavy atom. The molecule has 9 nitrogen and oxygen atoms in total. The highest BCUT2D eigenvalue weighted by atomic mass is 16.6. The summed E-state index contributed by atoms with van der Waals surface area (Å²) in [6.45, 7) is 2.03. The summed E-state index contributed by atoms with van der Waals surface area (Å²) in [6.07, 6.45) is 4.30. The van der Waals surface area contributed by atoms with E-state index in [0.717, 1.165) is 0 Å². The van der Waals surface area contributed by atoms with Crippen LogP contribution in [0, 0.1) is 24.2 Å². The molecule has 0 aromatic rings. The van der Waals surface area contributed by atoms with Gasteiger partial charge < -0.3 is 25.4 Å². The summed E-state index contributed by atoms with van der Waals surface area (Å²) in [4.78, 5) is 43.6. The Hall–Kier alpha value is -2.70. The molecule has 1 aliphatic carbocycles. The fourth-order valence-corrected chi connectivity index (χ4v) is 4.72. The number of aliphatic imine (C=N–C) groups is 1. The highest BCUT2D eigenvalue weighted by Gasteiger charge is 2.73. The van der Waals surface area contributed by atoms with Gasteiger partial charge in [-0.3, -0.25) is 14.6 Å². The van der Waals surface area contributed by atoms with E-state index in [4.69, 9.17) is 21.6 Å². The van der Waals surface area contributed by atoms with Crippen molar-refractivity contribution in [1.82, 2.24) is 10.2 Å². The molecule has 0 spiro atoms. The minimum absolute atomic E-state index is 0.00908. The number of carbonyl (C=O) groups excluding carboxylic acids is 3. The Morgan fingerprint density at radius 3 is 2.89 bits per heavy atom. The van der Waals surface area contributed by atoms with Gasteiger partial charge in [-0.25, -0.2) is 4.79 Å². The number of hydrogen-bond acceptors (Lipinski definition) is 8. The minimum Gasteiger partial charge on any atom is -0.449 e. The van der Waals surface area contributed by atoms with E-state index in [1.807, 2.05) is 4.90 Å². The maximum Gasteiger partial charge on any atom is 0.404 e. The molecule has 4 aliphatic rings. The number of nitrogens with one attached hydrogen (secondary N) is 1. The minimum atomic E-state index is -0.975. The van der Waals surface area contributed by atoms with Crippen LogP contribution in [0.3, 0.4) is 0 Å². The van der Waals surface area contributed by atoms with Crippen molar-refractivity contribution in [2.24, 2.45) is 22.6 Å². The summed E-state index contributed by atoms with van der Waals surface area (Å²) in [7, 11) is 1.52. The summed E-state index contributed by atoms with van der Waals surface area (Å²) in [5.41, 5.74) is 4.90. The van der Waals surface area contributed by atoms with Crippen molar-refractivity contribution in [2.45, 2.75) is 24.7 Å². The summed E-state index contributed by atoms with van der Waals surface area (Å²) in [5, 5.41) is 3.30. The van der Waals surface area contributed by atoms with Crippen molar-refractivity contribution in [2.75, 3.05) is 26.8 Å². The number of carbonyl (C=O) groups is 3. The van der Waals surface area contributed by atoms with Crippen LogP contribution < -0.4 is 11.1 Å². The number of fused-ring (bicyclic) bond motifs is 4. The lowest BCUT2D eigenvalue weighted by Gasteiger charge is -2.39. The molecule has 3 heterocycles. The largest absolute Gasteiger partial charge is 0.449 e. The first kappa shape index (κ1) is 17.7. The molecule has 9 heteroatoms. The van der Waals surface area contributed by atoms with Crippen molar-refractivity contribution in [3.63, 3.8) is 0 Å². The van der Waals surface area contributed by atoms with Gasteiger partial charge in [-0.2, -0.15) is 0 Å². The second-order valence-electron chi connectivity index (χ2n) is 7.08. The van der Waals surface area contributed by atoms with E-state index in [1.54, 1.807) is 6.92 Å². The van der Waals surface area contributed by atoms with E-state index < -0.39 is 23.7 Å². The zero-order valence-corrected chi connectivity index (χ0v) is 15.0. The number of ether oxygens (including phenoxy) is 2. The van der Waals surface area contributed by atoms with E-state index in [-0.39, 0.29) is 48.1 Å². The van der Waals surface area contributed by atoms with E-state index in [0.29, 0.717) is 12.2 Å². The number of rotatable bonds is 4. The Morgan fingerprint density at radius 2 is 2.26 bits per heavy atom. The SMILES string of the molecule is C#CCN=C1C(=O)C2=C(C(=O)C1C)N1CC3NC3C1(OC)C2COC(N)=O. The first-order valence-corrected chi connectivity index (χ1v) is 8.70. The zero-order valence-electron chi connectivity index (χ0n) is 15.0. The second-order valence-corrected chi connectivity index (χ2v) is 7.08. The van der Waals surface area contributed by atoms with Gasteiger partial charge >= 0.3 is 6.09 Å². The molecule has 5 atom stereocenters. The van der Waals surface area contributed by atoms with Crippen molar-refractivity contribution >= 4 is 23.4 Å². The van der Waals surface area contributed by atoms with Crippen molar-refractivity contribution in [1.29, 1.82) is 0 Å². The fraction of sp³-hybridized carbons (Fsp3) is 0.556. The molecule has 3 N–H and O–H groups in total. The van der Waals surface area contributed by atoms with Gasteiger partial charge in [0.2, 0.25) is 5.78 Å². The molecule has 27 heavy (non-hydrogen) atoms. The lowest BCUT2D eigenvalue weighted by Crippen LogP contribution is -2.55. The average Bonchev–Trinajstić information content (AvgIpc) is 3.24. The standard InChI is InChI=1S/C18H20N4O5/c1-4-5-20-12-8(2)14(23)13-11(15(12)24)9(7-27-17(19)25)18(26-3)16-10(21-16)6-22(13)18/h1,8-10,16,21H,5-7H2,2-3H3,(H2,19,25). The van der Waals surface area contributed by atoms with Gasteiger partial charge in [0.15, 0.2) is 11.5 Å². The van der Waals surface area contributed by atoms with Crippen LogP contribution in [0.1, 0.15) is 6.92 Å². The normalized spacial score (nSPS) is 37.8. The van der Waals surface area contributed by atoms with Gasteiger partial charge in [-0.05, 0) is 6.92 Å². The molecular formula is C18H20N4O5. The third-order valence-electron chi connectivity index (χ3n) is 5.88. The topological polar surface area (TPSA) is 133 Å². The molecular weight excluding hydrogens is 352 g/mol. The molecule has 0 aromatic carbocycles. The molecule has 2 saturated heterocycles. The number of nitrogens with two attached hydrogens (primary N) is 1. The highest BCUT2D eigenvalue weighted by molar-refractivity contribution is 6.53. The van der Waals surface area contributed by atoms with Crippen LogP contribution in [-0.2, 0) is 19.1 Å². The Labute approximate surface area is 155 Å². The molecule has 5 unspecified atom stereocenters. The van der Waals surface area contributed by atoms with Crippen LogP contribution in [0.4, 0.5) is 4.79 Å². The first-order valence-electron chi connectivity index (χ1n) is 8.70. The average molecular weight is 372 g/mol. The lowest BCUT2D eigenvalue weighted by atomic mass is 9.78.